The fourth-order valence-electron chi connectivity index (χ4n) is 2.85. The number of nitrogens with one attached hydrogen (secondary N) is 1. The highest BCUT2D eigenvalue weighted by molar-refractivity contribution is 7.99. The van der Waals surface area contributed by atoms with Crippen molar-refractivity contribution in [2.45, 2.75) is 68.7 Å². The number of rotatable bonds is 6. The molecule has 0 spiro atoms. The normalized spacial score (nSPS) is 16.8. The summed E-state index contributed by atoms with van der Waals surface area (Å²) in [6.45, 7) is 0. The molecule has 22 heavy (non-hydrogen) atoms. The minimum absolute atomic E-state index is 0.224. The summed E-state index contributed by atoms with van der Waals surface area (Å²) in [5, 5.41) is 3.99. The molecular weight excluding hydrogens is 314 g/mol. The van der Waals surface area contributed by atoms with Crippen LogP contribution in [0, 0.1) is 0 Å². The lowest BCUT2D eigenvalue weighted by molar-refractivity contribution is -0.121. The molecule has 0 saturated heterocycles. The molecule has 1 fully saturated rings. The van der Waals surface area contributed by atoms with Gasteiger partial charge in [0.2, 0.25) is 5.91 Å². The number of hydrogen-bond donors (Lipinski definition) is 1. The lowest BCUT2D eigenvalue weighted by atomic mass is 9.96. The average Bonchev–Trinajstić information content (AvgIpc) is 2.48. The molecular formula is C18H26ClNOS. The first-order chi connectivity index (χ1) is 10.7. The van der Waals surface area contributed by atoms with E-state index in [1.54, 1.807) is 11.8 Å². The van der Waals surface area contributed by atoms with Crippen molar-refractivity contribution in [3.63, 3.8) is 0 Å². The average molecular weight is 340 g/mol. The van der Waals surface area contributed by atoms with E-state index >= 15 is 0 Å². The van der Waals surface area contributed by atoms with E-state index in [4.69, 9.17) is 11.6 Å². The summed E-state index contributed by atoms with van der Waals surface area (Å²) in [5.74, 6) is 1.20. The molecule has 0 aromatic heterocycles. The maximum Gasteiger partial charge on any atom is 0.220 e. The number of thioether (sulfide) groups is 1. The van der Waals surface area contributed by atoms with Crippen molar-refractivity contribution in [1.82, 2.24) is 5.32 Å². The van der Waals surface area contributed by atoms with Gasteiger partial charge in [0.25, 0.3) is 0 Å². The predicted octanol–water partition coefficient (Wildman–Crippen LogP) is 5.44. The molecule has 0 radical (unpaired) electrons. The summed E-state index contributed by atoms with van der Waals surface area (Å²) in [6.07, 6.45) is 10.4. The van der Waals surface area contributed by atoms with Crippen molar-refractivity contribution in [1.29, 1.82) is 0 Å². The van der Waals surface area contributed by atoms with Gasteiger partial charge in [-0.2, -0.15) is 0 Å². The lowest BCUT2D eigenvalue weighted by Crippen LogP contribution is -2.35. The van der Waals surface area contributed by atoms with Crippen LogP contribution in [0.4, 0.5) is 0 Å². The Labute approximate surface area is 143 Å². The number of carbonyl (C=O) groups excluding carboxylic acids is 1. The number of amides is 1. The maximum atomic E-state index is 12.0. The van der Waals surface area contributed by atoms with Crippen molar-refractivity contribution in [3.05, 3.63) is 29.3 Å². The predicted molar refractivity (Wildman–Crippen MR) is 95.7 cm³/mol. The molecule has 2 nitrogen and oxygen atoms in total. The first-order valence-electron chi connectivity index (χ1n) is 8.42. The van der Waals surface area contributed by atoms with Crippen molar-refractivity contribution >= 4 is 29.3 Å². The quantitative estimate of drug-likeness (QED) is 0.552. The first kappa shape index (κ1) is 17.7. The monoisotopic (exact) mass is 339 g/mol. The van der Waals surface area contributed by atoms with E-state index in [0.29, 0.717) is 12.5 Å². The number of hydrogen-bond acceptors (Lipinski definition) is 2. The Morgan fingerprint density at radius 1 is 1.09 bits per heavy atom. The third-order valence-electron chi connectivity index (χ3n) is 4.10. The highest BCUT2D eigenvalue weighted by Crippen LogP contribution is 2.21. The smallest absolute Gasteiger partial charge is 0.220 e. The SMILES string of the molecule is O=C(CCCSc1ccc(Cl)cc1)NC1CCCCCCC1. The Kier molecular flexibility index (Phi) is 8.17. The molecule has 0 heterocycles. The third kappa shape index (κ3) is 7.06. The number of carbonyl (C=O) groups is 1. The van der Waals surface area contributed by atoms with Crippen LogP contribution < -0.4 is 5.32 Å². The molecule has 0 unspecified atom stereocenters. The van der Waals surface area contributed by atoms with Gasteiger partial charge in [-0.25, -0.2) is 0 Å². The van der Waals surface area contributed by atoms with Crippen LogP contribution in [-0.4, -0.2) is 17.7 Å². The van der Waals surface area contributed by atoms with Gasteiger partial charge >= 0.3 is 0 Å². The van der Waals surface area contributed by atoms with Crippen LogP contribution in [0.3, 0.4) is 0 Å². The standard InChI is InChI=1S/C18H26ClNOS/c19-15-10-12-17(13-11-15)22-14-6-9-18(21)20-16-7-4-2-1-3-5-8-16/h10-13,16H,1-9,14H2,(H,20,21). The van der Waals surface area contributed by atoms with Gasteiger partial charge in [-0.1, -0.05) is 43.7 Å². The van der Waals surface area contributed by atoms with E-state index in [9.17, 15) is 4.79 Å². The Morgan fingerprint density at radius 3 is 2.41 bits per heavy atom. The molecule has 0 aliphatic heterocycles. The molecule has 0 atom stereocenters. The fourth-order valence-corrected chi connectivity index (χ4v) is 3.83. The van der Waals surface area contributed by atoms with E-state index in [0.717, 1.165) is 30.0 Å². The van der Waals surface area contributed by atoms with Crippen LogP contribution in [-0.2, 0) is 4.79 Å². The molecule has 122 valence electrons. The van der Waals surface area contributed by atoms with Crippen LogP contribution in [0.1, 0.15) is 57.8 Å². The second-order valence-electron chi connectivity index (χ2n) is 6.02. The van der Waals surface area contributed by atoms with Gasteiger partial charge in [-0.05, 0) is 49.3 Å². The van der Waals surface area contributed by atoms with Crippen molar-refractivity contribution < 1.29 is 4.79 Å². The van der Waals surface area contributed by atoms with Crippen LogP contribution in [0.25, 0.3) is 0 Å². The highest BCUT2D eigenvalue weighted by Gasteiger charge is 2.13. The van der Waals surface area contributed by atoms with Gasteiger partial charge in [0, 0.05) is 22.4 Å². The molecule has 0 bridgehead atoms. The Balaban J connectivity index is 1.59. The van der Waals surface area contributed by atoms with E-state index < -0.39 is 0 Å². The lowest BCUT2D eigenvalue weighted by Gasteiger charge is -2.21. The van der Waals surface area contributed by atoms with Gasteiger partial charge in [-0.15, -0.1) is 11.8 Å². The van der Waals surface area contributed by atoms with Gasteiger partial charge < -0.3 is 5.32 Å². The molecule has 1 aromatic carbocycles. The van der Waals surface area contributed by atoms with E-state index in [2.05, 4.69) is 5.32 Å². The maximum absolute atomic E-state index is 12.0. The summed E-state index contributed by atoms with van der Waals surface area (Å²) >= 11 is 7.65. The highest BCUT2D eigenvalue weighted by atomic mass is 35.5. The van der Waals surface area contributed by atoms with Gasteiger partial charge in [0.15, 0.2) is 0 Å². The topological polar surface area (TPSA) is 29.1 Å². The Bertz CT molecular complexity index is 441. The van der Waals surface area contributed by atoms with Crippen LogP contribution in [0.5, 0.6) is 0 Å². The molecule has 1 saturated carbocycles. The molecule has 2 rings (SSSR count). The largest absolute Gasteiger partial charge is 0.353 e. The zero-order valence-electron chi connectivity index (χ0n) is 13.2. The van der Waals surface area contributed by atoms with Crippen LogP contribution in [0.15, 0.2) is 29.2 Å². The summed E-state index contributed by atoms with van der Waals surface area (Å²) in [7, 11) is 0. The zero-order valence-corrected chi connectivity index (χ0v) is 14.7. The third-order valence-corrected chi connectivity index (χ3v) is 5.45. The first-order valence-corrected chi connectivity index (χ1v) is 9.78. The van der Waals surface area contributed by atoms with Crippen molar-refractivity contribution in [3.8, 4) is 0 Å². The molecule has 1 aliphatic rings. The molecule has 1 aromatic rings. The van der Waals surface area contributed by atoms with Crippen molar-refractivity contribution in [2.75, 3.05) is 5.75 Å². The van der Waals surface area contributed by atoms with Crippen LogP contribution >= 0.6 is 23.4 Å². The van der Waals surface area contributed by atoms with Gasteiger partial charge in [0.05, 0.1) is 0 Å². The van der Waals surface area contributed by atoms with E-state index in [-0.39, 0.29) is 5.91 Å². The summed E-state index contributed by atoms with van der Waals surface area (Å²) in [6, 6.07) is 8.29. The molecule has 1 N–H and O–H groups in total. The zero-order chi connectivity index (χ0) is 15.6. The fraction of sp³-hybridized carbons (Fsp3) is 0.611. The number of benzene rings is 1. The molecule has 1 aliphatic carbocycles. The van der Waals surface area contributed by atoms with E-state index in [1.807, 2.05) is 24.3 Å². The summed E-state index contributed by atoms with van der Waals surface area (Å²) in [5.41, 5.74) is 0. The molecule has 1 amide bonds. The van der Waals surface area contributed by atoms with Crippen molar-refractivity contribution in [2.24, 2.45) is 0 Å². The van der Waals surface area contributed by atoms with Crippen LogP contribution in [0.2, 0.25) is 5.02 Å². The second-order valence-corrected chi connectivity index (χ2v) is 7.62. The molecule has 4 heteroatoms. The number of halogens is 1. The van der Waals surface area contributed by atoms with E-state index in [1.165, 1.54) is 37.0 Å². The van der Waals surface area contributed by atoms with Gasteiger partial charge in [0.1, 0.15) is 0 Å². The Hall–Kier alpha value is -0.670. The minimum Gasteiger partial charge on any atom is -0.353 e. The summed E-state index contributed by atoms with van der Waals surface area (Å²) < 4.78 is 0. The van der Waals surface area contributed by atoms with Gasteiger partial charge in [-0.3, -0.25) is 4.79 Å². The second kappa shape index (κ2) is 10.2. The summed E-state index contributed by atoms with van der Waals surface area (Å²) in [4.78, 5) is 13.2. The Morgan fingerprint density at radius 2 is 1.73 bits per heavy atom. The minimum atomic E-state index is 0.224.